The molecule has 0 atom stereocenters. The lowest BCUT2D eigenvalue weighted by Gasteiger charge is -2.15. The third-order valence-electron chi connectivity index (χ3n) is 3.37. The number of fused-ring (bicyclic) bond motifs is 1. The van der Waals surface area contributed by atoms with Crippen LogP contribution in [0, 0.1) is 0 Å². The number of nitrogen functional groups attached to an aromatic ring is 1. The van der Waals surface area contributed by atoms with Gasteiger partial charge in [-0.05, 0) is 25.0 Å². The first-order valence-electron chi connectivity index (χ1n) is 6.30. The van der Waals surface area contributed by atoms with Gasteiger partial charge in [-0.15, -0.1) is 0 Å². The molecule has 0 aliphatic heterocycles. The van der Waals surface area contributed by atoms with Crippen molar-refractivity contribution in [3.8, 4) is 11.5 Å². The van der Waals surface area contributed by atoms with E-state index in [0.29, 0.717) is 23.2 Å². The molecule has 0 unspecified atom stereocenters. The van der Waals surface area contributed by atoms with E-state index in [2.05, 4.69) is 10.3 Å². The molecule has 5 heteroatoms. The Morgan fingerprint density at radius 1 is 1.26 bits per heavy atom. The Balaban J connectivity index is 2.21. The molecule has 1 heterocycles. The molecule has 5 nitrogen and oxygen atoms in total. The number of methoxy groups -OCH3 is 2. The number of benzene rings is 1. The van der Waals surface area contributed by atoms with E-state index in [1.165, 1.54) is 12.8 Å². The van der Waals surface area contributed by atoms with Crippen molar-refractivity contribution in [2.24, 2.45) is 0 Å². The fraction of sp³-hybridized carbons (Fsp3) is 0.357. The maximum atomic E-state index is 6.16. The Morgan fingerprint density at radius 3 is 2.68 bits per heavy atom. The number of anilines is 2. The molecule has 0 bridgehead atoms. The molecule has 1 aliphatic carbocycles. The average Bonchev–Trinajstić information content (AvgIpc) is 3.23. The summed E-state index contributed by atoms with van der Waals surface area (Å²) < 4.78 is 10.7. The van der Waals surface area contributed by atoms with E-state index in [0.717, 1.165) is 16.6 Å². The molecule has 1 saturated carbocycles. The minimum absolute atomic E-state index is 0.535. The number of hydrogen-bond donors (Lipinski definition) is 2. The van der Waals surface area contributed by atoms with E-state index in [4.69, 9.17) is 15.2 Å². The van der Waals surface area contributed by atoms with Crippen molar-refractivity contribution >= 4 is 22.3 Å². The monoisotopic (exact) mass is 259 g/mol. The Bertz CT molecular complexity index is 624. The van der Waals surface area contributed by atoms with Gasteiger partial charge in [0.1, 0.15) is 5.82 Å². The third kappa shape index (κ3) is 2.01. The lowest BCUT2D eigenvalue weighted by Crippen LogP contribution is -2.05. The highest BCUT2D eigenvalue weighted by molar-refractivity contribution is 6.03. The smallest absolute Gasteiger partial charge is 0.184 e. The van der Waals surface area contributed by atoms with Gasteiger partial charge in [-0.1, -0.05) is 0 Å². The number of aromatic nitrogens is 1. The summed E-state index contributed by atoms with van der Waals surface area (Å²) in [4.78, 5) is 4.40. The molecule has 1 aliphatic rings. The molecular weight excluding hydrogens is 242 g/mol. The maximum Gasteiger partial charge on any atom is 0.184 e. The summed E-state index contributed by atoms with van der Waals surface area (Å²) in [5.74, 6) is 2.05. The van der Waals surface area contributed by atoms with Crippen LogP contribution in [0.4, 0.5) is 11.5 Å². The van der Waals surface area contributed by atoms with Gasteiger partial charge < -0.3 is 20.5 Å². The highest BCUT2D eigenvalue weighted by Crippen LogP contribution is 2.41. The zero-order valence-electron chi connectivity index (χ0n) is 11.1. The topological polar surface area (TPSA) is 69.4 Å². The lowest BCUT2D eigenvalue weighted by molar-refractivity contribution is 0.357. The van der Waals surface area contributed by atoms with Crippen molar-refractivity contribution in [2.75, 3.05) is 25.3 Å². The molecule has 100 valence electrons. The van der Waals surface area contributed by atoms with Gasteiger partial charge in [-0.25, -0.2) is 4.98 Å². The molecule has 0 saturated heterocycles. The van der Waals surface area contributed by atoms with Crippen LogP contribution < -0.4 is 20.5 Å². The van der Waals surface area contributed by atoms with Crippen LogP contribution in [0.1, 0.15) is 12.8 Å². The minimum atomic E-state index is 0.535. The average molecular weight is 259 g/mol. The highest BCUT2D eigenvalue weighted by Gasteiger charge is 2.23. The van der Waals surface area contributed by atoms with Crippen LogP contribution in [-0.2, 0) is 0 Å². The van der Waals surface area contributed by atoms with Gasteiger partial charge in [0.2, 0.25) is 0 Å². The Labute approximate surface area is 111 Å². The van der Waals surface area contributed by atoms with Gasteiger partial charge in [0.05, 0.1) is 19.9 Å². The van der Waals surface area contributed by atoms with Crippen molar-refractivity contribution in [1.82, 2.24) is 4.98 Å². The van der Waals surface area contributed by atoms with E-state index in [-0.39, 0.29) is 0 Å². The predicted octanol–water partition coefficient (Wildman–Crippen LogP) is 2.41. The summed E-state index contributed by atoms with van der Waals surface area (Å²) in [5, 5.41) is 5.30. The molecule has 0 amide bonds. The van der Waals surface area contributed by atoms with E-state index >= 15 is 0 Å². The van der Waals surface area contributed by atoms with E-state index in [1.54, 1.807) is 20.4 Å². The largest absolute Gasteiger partial charge is 0.493 e. The van der Waals surface area contributed by atoms with Crippen LogP contribution in [-0.4, -0.2) is 25.2 Å². The van der Waals surface area contributed by atoms with Crippen LogP contribution in [0.15, 0.2) is 18.3 Å². The van der Waals surface area contributed by atoms with Gasteiger partial charge in [0.15, 0.2) is 11.5 Å². The Hall–Kier alpha value is -2.17. The van der Waals surface area contributed by atoms with Gasteiger partial charge in [-0.3, -0.25) is 0 Å². The lowest BCUT2D eigenvalue weighted by atomic mass is 10.1. The zero-order valence-corrected chi connectivity index (χ0v) is 11.1. The summed E-state index contributed by atoms with van der Waals surface area (Å²) in [5.41, 5.74) is 6.74. The highest BCUT2D eigenvalue weighted by atomic mass is 16.5. The van der Waals surface area contributed by atoms with Crippen LogP contribution in [0.25, 0.3) is 10.8 Å². The first-order chi connectivity index (χ1) is 9.24. The SMILES string of the molecule is COc1cc2c(NC3CC3)nccc2c(N)c1OC. The van der Waals surface area contributed by atoms with Crippen molar-refractivity contribution in [3.05, 3.63) is 18.3 Å². The Morgan fingerprint density at radius 2 is 2.05 bits per heavy atom. The molecule has 19 heavy (non-hydrogen) atoms. The minimum Gasteiger partial charge on any atom is -0.493 e. The van der Waals surface area contributed by atoms with Gasteiger partial charge >= 0.3 is 0 Å². The first-order valence-corrected chi connectivity index (χ1v) is 6.30. The number of ether oxygens (including phenoxy) is 2. The molecule has 1 aromatic heterocycles. The third-order valence-corrected chi connectivity index (χ3v) is 3.37. The van der Waals surface area contributed by atoms with Crippen molar-refractivity contribution in [3.63, 3.8) is 0 Å². The summed E-state index contributed by atoms with van der Waals surface area (Å²) in [7, 11) is 3.19. The van der Waals surface area contributed by atoms with E-state index in [1.807, 2.05) is 12.1 Å². The summed E-state index contributed by atoms with van der Waals surface area (Å²) in [6, 6.07) is 4.35. The summed E-state index contributed by atoms with van der Waals surface area (Å²) in [6.07, 6.45) is 4.15. The molecule has 2 aromatic rings. The van der Waals surface area contributed by atoms with Crippen molar-refractivity contribution in [1.29, 1.82) is 0 Å². The van der Waals surface area contributed by atoms with Gasteiger partial charge in [-0.2, -0.15) is 0 Å². The summed E-state index contributed by atoms with van der Waals surface area (Å²) in [6.45, 7) is 0. The van der Waals surface area contributed by atoms with E-state index < -0.39 is 0 Å². The fourth-order valence-corrected chi connectivity index (χ4v) is 2.20. The fourth-order valence-electron chi connectivity index (χ4n) is 2.20. The number of nitrogens with two attached hydrogens (primary N) is 1. The van der Waals surface area contributed by atoms with Gasteiger partial charge in [0, 0.05) is 23.0 Å². The number of nitrogens with zero attached hydrogens (tertiary/aromatic N) is 1. The van der Waals surface area contributed by atoms with E-state index in [9.17, 15) is 0 Å². The second kappa shape index (κ2) is 4.50. The maximum absolute atomic E-state index is 6.16. The second-order valence-corrected chi connectivity index (χ2v) is 4.70. The summed E-state index contributed by atoms with van der Waals surface area (Å²) >= 11 is 0. The number of rotatable bonds is 4. The molecule has 1 aromatic carbocycles. The zero-order chi connectivity index (χ0) is 13.4. The second-order valence-electron chi connectivity index (χ2n) is 4.70. The Kier molecular flexibility index (Phi) is 2.81. The number of hydrogen-bond acceptors (Lipinski definition) is 5. The molecule has 0 radical (unpaired) electrons. The van der Waals surface area contributed by atoms with Crippen molar-refractivity contribution in [2.45, 2.75) is 18.9 Å². The normalized spacial score (nSPS) is 14.4. The first kappa shape index (κ1) is 11.9. The van der Waals surface area contributed by atoms with Crippen LogP contribution in [0.2, 0.25) is 0 Å². The molecular formula is C14H17N3O2. The number of pyridine rings is 1. The molecule has 3 N–H and O–H groups in total. The van der Waals surface area contributed by atoms with Crippen LogP contribution >= 0.6 is 0 Å². The standard InChI is InChI=1S/C14H17N3O2/c1-18-11-7-10-9(12(15)13(11)19-2)5-6-16-14(10)17-8-3-4-8/h5-8H,3-4,15H2,1-2H3,(H,16,17). The molecule has 0 spiro atoms. The van der Waals surface area contributed by atoms with Crippen LogP contribution in [0.3, 0.4) is 0 Å². The van der Waals surface area contributed by atoms with Gasteiger partial charge in [0.25, 0.3) is 0 Å². The van der Waals surface area contributed by atoms with Crippen molar-refractivity contribution < 1.29 is 9.47 Å². The molecule has 1 fully saturated rings. The van der Waals surface area contributed by atoms with Crippen LogP contribution in [0.5, 0.6) is 11.5 Å². The quantitative estimate of drug-likeness (QED) is 0.825. The molecule has 3 rings (SSSR count). The number of nitrogens with one attached hydrogen (secondary N) is 1. The predicted molar refractivity (Wildman–Crippen MR) is 75.9 cm³/mol.